The zero-order valence-corrected chi connectivity index (χ0v) is 22.6. The summed E-state index contributed by atoms with van der Waals surface area (Å²) in [4.78, 5) is 34.8. The van der Waals surface area contributed by atoms with Crippen LogP contribution in [0.25, 0.3) is 15.3 Å². The molecule has 12 heteroatoms. The van der Waals surface area contributed by atoms with Crippen LogP contribution in [0.15, 0.2) is 30.9 Å². The predicted molar refractivity (Wildman–Crippen MR) is 146 cm³/mol. The average molecular weight is 547 g/mol. The number of hydrogen-bond donors (Lipinski definition) is 2. The molecular formula is C27H30N8O3S. The first-order valence-corrected chi connectivity index (χ1v) is 14.2. The van der Waals surface area contributed by atoms with Crippen molar-refractivity contribution in [1.82, 2.24) is 34.6 Å². The number of rotatable bonds is 7. The second-order valence-electron chi connectivity index (χ2n) is 10.6. The van der Waals surface area contributed by atoms with Gasteiger partial charge in [0.1, 0.15) is 4.83 Å². The van der Waals surface area contributed by atoms with Crippen molar-refractivity contribution >= 4 is 33.7 Å². The van der Waals surface area contributed by atoms with Crippen LogP contribution in [0.4, 0.5) is 5.69 Å². The normalized spacial score (nSPS) is 18.0. The quantitative estimate of drug-likeness (QED) is 0.366. The molecule has 0 aliphatic carbocycles. The lowest BCUT2D eigenvalue weighted by atomic mass is 9.94. The van der Waals surface area contributed by atoms with E-state index in [0.717, 1.165) is 67.4 Å². The molecule has 2 N–H and O–H groups in total. The second-order valence-corrected chi connectivity index (χ2v) is 11.6. The molecule has 202 valence electrons. The first kappa shape index (κ1) is 24.4. The monoisotopic (exact) mass is 546 g/mol. The Bertz CT molecular complexity index is 1580. The number of nitrogens with one attached hydrogen (secondary N) is 2. The Morgan fingerprint density at radius 3 is 2.87 bits per heavy atom. The van der Waals surface area contributed by atoms with E-state index in [1.807, 2.05) is 19.3 Å². The van der Waals surface area contributed by atoms with E-state index in [4.69, 9.17) is 4.74 Å². The van der Waals surface area contributed by atoms with E-state index >= 15 is 0 Å². The Labute approximate surface area is 229 Å². The number of hydrogen-bond acceptors (Lipinski definition) is 8. The molecule has 0 radical (unpaired) electrons. The lowest BCUT2D eigenvalue weighted by Gasteiger charge is -2.45. The van der Waals surface area contributed by atoms with Gasteiger partial charge in [-0.3, -0.25) is 24.2 Å². The van der Waals surface area contributed by atoms with Crippen LogP contribution in [-0.4, -0.2) is 79.5 Å². The van der Waals surface area contributed by atoms with Gasteiger partial charge in [0.25, 0.3) is 11.8 Å². The van der Waals surface area contributed by atoms with Crippen molar-refractivity contribution in [3.05, 3.63) is 53.4 Å². The van der Waals surface area contributed by atoms with Gasteiger partial charge in [-0.1, -0.05) is 0 Å². The van der Waals surface area contributed by atoms with Gasteiger partial charge >= 0.3 is 0 Å². The van der Waals surface area contributed by atoms with Gasteiger partial charge < -0.3 is 15.4 Å². The van der Waals surface area contributed by atoms with Gasteiger partial charge in [-0.25, -0.2) is 4.52 Å². The van der Waals surface area contributed by atoms with Gasteiger partial charge in [0, 0.05) is 43.3 Å². The van der Waals surface area contributed by atoms with Crippen LogP contribution < -0.4 is 10.6 Å². The maximum Gasteiger partial charge on any atom is 0.260 e. The number of aryl methyl sites for hydroxylation is 2. The van der Waals surface area contributed by atoms with Crippen molar-refractivity contribution in [2.24, 2.45) is 0 Å². The van der Waals surface area contributed by atoms with Crippen LogP contribution in [0.3, 0.4) is 0 Å². The number of amides is 2. The largest absolute Gasteiger partial charge is 0.377 e. The third-order valence-electron chi connectivity index (χ3n) is 8.19. The van der Waals surface area contributed by atoms with Gasteiger partial charge in [-0.2, -0.15) is 10.2 Å². The molecule has 39 heavy (non-hydrogen) atoms. The third kappa shape index (κ3) is 4.23. The van der Waals surface area contributed by atoms with E-state index < -0.39 is 0 Å². The third-order valence-corrected chi connectivity index (χ3v) is 9.33. The van der Waals surface area contributed by atoms with Crippen LogP contribution in [0.5, 0.6) is 0 Å². The fourth-order valence-electron chi connectivity index (χ4n) is 5.92. The molecule has 4 aromatic rings. The van der Waals surface area contributed by atoms with E-state index in [1.165, 1.54) is 23.5 Å². The minimum absolute atomic E-state index is 0.176. The maximum absolute atomic E-state index is 13.3. The Morgan fingerprint density at radius 1 is 1.13 bits per heavy atom. The van der Waals surface area contributed by atoms with Gasteiger partial charge in [0.2, 0.25) is 0 Å². The summed E-state index contributed by atoms with van der Waals surface area (Å²) < 4.78 is 9.24. The molecule has 0 saturated carbocycles. The smallest absolute Gasteiger partial charge is 0.260 e. The van der Waals surface area contributed by atoms with E-state index in [-0.39, 0.29) is 17.4 Å². The summed E-state index contributed by atoms with van der Waals surface area (Å²) in [6.45, 7) is 6.71. The highest BCUT2D eigenvalue weighted by atomic mass is 32.1. The number of ether oxygens (including phenoxy) is 1. The molecule has 3 aliphatic heterocycles. The molecule has 7 heterocycles. The Balaban J connectivity index is 1.03. The van der Waals surface area contributed by atoms with Crippen molar-refractivity contribution in [2.45, 2.75) is 44.7 Å². The fraction of sp³-hybridized carbons (Fsp3) is 0.444. The highest BCUT2D eigenvalue weighted by Crippen LogP contribution is 2.36. The molecule has 1 spiro atoms. The van der Waals surface area contributed by atoms with Crippen LogP contribution in [0, 0.1) is 6.92 Å². The number of thiazole rings is 1. The van der Waals surface area contributed by atoms with E-state index in [2.05, 4.69) is 35.4 Å². The SMILES string of the molecule is Cc1ncc(C(=O)NCCN2CCCC23COC3)cc1NC(=O)c1cnn2cc(-c3cnn4c3CCC4)sc12. The van der Waals surface area contributed by atoms with Crippen LogP contribution >= 0.6 is 11.3 Å². The summed E-state index contributed by atoms with van der Waals surface area (Å²) in [7, 11) is 0. The Kier molecular flexibility index (Phi) is 5.98. The lowest BCUT2D eigenvalue weighted by Crippen LogP contribution is -2.59. The highest BCUT2D eigenvalue weighted by molar-refractivity contribution is 7.21. The maximum atomic E-state index is 13.3. The number of anilines is 1. The number of aromatic nitrogens is 5. The number of nitrogens with zero attached hydrogens (tertiary/aromatic N) is 6. The number of carbonyl (C=O) groups excluding carboxylic acids is 2. The minimum Gasteiger partial charge on any atom is -0.377 e. The van der Waals surface area contributed by atoms with Gasteiger partial charge in [-0.15, -0.1) is 11.3 Å². The Morgan fingerprint density at radius 2 is 2.03 bits per heavy atom. The fourth-order valence-corrected chi connectivity index (χ4v) is 7.01. The molecule has 0 aromatic carbocycles. The van der Waals surface area contributed by atoms with Crippen molar-refractivity contribution in [1.29, 1.82) is 0 Å². The first-order valence-electron chi connectivity index (χ1n) is 13.4. The van der Waals surface area contributed by atoms with Crippen LogP contribution in [-0.2, 0) is 17.7 Å². The summed E-state index contributed by atoms with van der Waals surface area (Å²) in [6.07, 6.45) is 11.4. The van der Waals surface area contributed by atoms with E-state index in [1.54, 1.807) is 23.0 Å². The molecule has 3 aliphatic rings. The molecule has 7 rings (SSSR count). The molecule has 2 saturated heterocycles. The van der Waals surface area contributed by atoms with Gasteiger partial charge in [0.05, 0.1) is 58.5 Å². The number of pyridine rings is 1. The molecular weight excluding hydrogens is 516 g/mol. The second kappa shape index (κ2) is 9.54. The lowest BCUT2D eigenvalue weighted by molar-refractivity contribution is -0.122. The van der Waals surface area contributed by atoms with Gasteiger partial charge in [-0.05, 0) is 45.2 Å². The first-order chi connectivity index (χ1) is 19.0. The number of likely N-dealkylation sites (tertiary alicyclic amines) is 1. The van der Waals surface area contributed by atoms with Crippen molar-refractivity contribution < 1.29 is 14.3 Å². The molecule has 2 amide bonds. The topological polar surface area (TPSA) is 119 Å². The number of fused-ring (bicyclic) bond motifs is 2. The zero-order chi connectivity index (χ0) is 26.6. The summed E-state index contributed by atoms with van der Waals surface area (Å²) in [5.41, 5.74) is 4.54. The molecule has 4 aromatic heterocycles. The zero-order valence-electron chi connectivity index (χ0n) is 21.8. The standard InChI is InChI=1S/C27H30N8O3S/c1-17-21(10-18(11-29-17)24(36)28-6-9-33-7-3-5-27(33)15-38-16-27)32-25(37)20-13-31-35-14-23(39-26(20)35)19-12-30-34-8-2-4-22(19)34/h10-14H,2-9,15-16H2,1H3,(H,28,36)(H,32,37). The van der Waals surface area contributed by atoms with Crippen molar-refractivity contribution in [3.63, 3.8) is 0 Å². The predicted octanol–water partition coefficient (Wildman–Crippen LogP) is 2.76. The molecule has 0 atom stereocenters. The van der Waals surface area contributed by atoms with E-state index in [0.29, 0.717) is 29.1 Å². The summed E-state index contributed by atoms with van der Waals surface area (Å²) in [5.74, 6) is -0.497. The van der Waals surface area contributed by atoms with Crippen LogP contribution in [0.2, 0.25) is 0 Å². The van der Waals surface area contributed by atoms with Gasteiger partial charge in [0.15, 0.2) is 0 Å². The Hall–Kier alpha value is -3.61. The van der Waals surface area contributed by atoms with Crippen LogP contribution in [0.1, 0.15) is 51.4 Å². The highest BCUT2D eigenvalue weighted by Gasteiger charge is 2.46. The summed E-state index contributed by atoms with van der Waals surface area (Å²) in [6, 6.07) is 1.68. The summed E-state index contributed by atoms with van der Waals surface area (Å²) in [5, 5.41) is 14.9. The summed E-state index contributed by atoms with van der Waals surface area (Å²) >= 11 is 1.53. The van der Waals surface area contributed by atoms with Crippen molar-refractivity contribution in [2.75, 3.05) is 38.2 Å². The van der Waals surface area contributed by atoms with E-state index in [9.17, 15) is 9.59 Å². The number of carbonyl (C=O) groups is 2. The molecule has 2 fully saturated rings. The molecule has 0 unspecified atom stereocenters. The minimum atomic E-state index is -0.289. The molecule has 11 nitrogen and oxygen atoms in total. The molecule has 0 bridgehead atoms. The van der Waals surface area contributed by atoms with Crippen molar-refractivity contribution in [3.8, 4) is 10.4 Å². The average Bonchev–Trinajstić information content (AvgIpc) is 3.70.